The molecule has 1 amide bonds. The standard InChI is InChI=1S/C15H21N3O3/c1-11-4-5-13(18(20)21)9-14(11)15(19)17-8-2-3-12(10-17)6-7-16/h4-5,9,12H,2-3,6-8,10,16H2,1H3. The van der Waals surface area contributed by atoms with Crippen LogP contribution < -0.4 is 5.73 Å². The van der Waals surface area contributed by atoms with Crippen LogP contribution in [-0.2, 0) is 0 Å². The molecule has 114 valence electrons. The lowest BCUT2D eigenvalue weighted by Crippen LogP contribution is -2.40. The van der Waals surface area contributed by atoms with E-state index in [-0.39, 0.29) is 11.6 Å². The number of carbonyl (C=O) groups is 1. The van der Waals surface area contributed by atoms with Gasteiger partial charge in [-0.15, -0.1) is 0 Å². The highest BCUT2D eigenvalue weighted by Gasteiger charge is 2.25. The fourth-order valence-electron chi connectivity index (χ4n) is 2.85. The third-order valence-corrected chi connectivity index (χ3v) is 4.04. The number of amides is 1. The quantitative estimate of drug-likeness (QED) is 0.679. The monoisotopic (exact) mass is 291 g/mol. The number of carbonyl (C=O) groups excluding carboxylic acids is 1. The normalized spacial score (nSPS) is 18.6. The van der Waals surface area contributed by atoms with Gasteiger partial charge in [-0.2, -0.15) is 0 Å². The van der Waals surface area contributed by atoms with Crippen molar-refractivity contribution in [1.82, 2.24) is 4.90 Å². The predicted molar refractivity (Wildman–Crippen MR) is 80.1 cm³/mol. The third-order valence-electron chi connectivity index (χ3n) is 4.04. The minimum absolute atomic E-state index is 0.0422. The van der Waals surface area contributed by atoms with Crippen LogP contribution in [0.2, 0.25) is 0 Å². The van der Waals surface area contributed by atoms with Gasteiger partial charge in [-0.3, -0.25) is 14.9 Å². The number of piperidine rings is 1. The zero-order chi connectivity index (χ0) is 15.4. The summed E-state index contributed by atoms with van der Waals surface area (Å²) < 4.78 is 0. The van der Waals surface area contributed by atoms with Crippen LogP contribution in [-0.4, -0.2) is 35.4 Å². The lowest BCUT2D eigenvalue weighted by atomic mass is 9.94. The number of non-ortho nitro benzene ring substituents is 1. The van der Waals surface area contributed by atoms with Gasteiger partial charge >= 0.3 is 0 Å². The zero-order valence-electron chi connectivity index (χ0n) is 12.2. The van der Waals surface area contributed by atoms with Gasteiger partial charge < -0.3 is 10.6 Å². The molecule has 6 nitrogen and oxygen atoms in total. The molecule has 1 atom stereocenters. The van der Waals surface area contributed by atoms with Crippen LogP contribution in [0, 0.1) is 23.0 Å². The Morgan fingerprint density at radius 2 is 2.29 bits per heavy atom. The molecule has 1 aliphatic heterocycles. The molecule has 1 aliphatic rings. The molecule has 0 bridgehead atoms. The van der Waals surface area contributed by atoms with Gasteiger partial charge in [-0.25, -0.2) is 0 Å². The van der Waals surface area contributed by atoms with E-state index in [1.807, 2.05) is 0 Å². The number of nitro benzene ring substituents is 1. The minimum Gasteiger partial charge on any atom is -0.338 e. The number of hydrogen-bond donors (Lipinski definition) is 1. The van der Waals surface area contributed by atoms with Gasteiger partial charge in [0, 0.05) is 30.8 Å². The average Bonchev–Trinajstić information content (AvgIpc) is 2.47. The Kier molecular flexibility index (Phi) is 4.90. The number of benzene rings is 1. The Morgan fingerprint density at radius 3 is 2.95 bits per heavy atom. The number of likely N-dealkylation sites (tertiary alicyclic amines) is 1. The van der Waals surface area contributed by atoms with Crippen molar-refractivity contribution < 1.29 is 9.72 Å². The number of nitrogens with two attached hydrogens (primary N) is 1. The largest absolute Gasteiger partial charge is 0.338 e. The van der Waals surface area contributed by atoms with Crippen molar-refractivity contribution in [3.8, 4) is 0 Å². The van der Waals surface area contributed by atoms with Crippen molar-refractivity contribution in [2.75, 3.05) is 19.6 Å². The van der Waals surface area contributed by atoms with Crippen LogP contribution >= 0.6 is 0 Å². The van der Waals surface area contributed by atoms with Crippen molar-refractivity contribution in [2.24, 2.45) is 11.7 Å². The zero-order valence-corrected chi connectivity index (χ0v) is 12.2. The van der Waals surface area contributed by atoms with Gasteiger partial charge in [0.25, 0.3) is 11.6 Å². The van der Waals surface area contributed by atoms with Crippen LogP contribution in [0.5, 0.6) is 0 Å². The molecule has 2 N–H and O–H groups in total. The fourth-order valence-corrected chi connectivity index (χ4v) is 2.85. The average molecular weight is 291 g/mol. The summed E-state index contributed by atoms with van der Waals surface area (Å²) in [5.41, 5.74) is 6.75. The van der Waals surface area contributed by atoms with E-state index in [9.17, 15) is 14.9 Å². The molecule has 1 aromatic carbocycles. The molecule has 2 rings (SSSR count). The summed E-state index contributed by atoms with van der Waals surface area (Å²) in [6.45, 7) is 3.83. The van der Waals surface area contributed by atoms with E-state index in [0.29, 0.717) is 31.1 Å². The predicted octanol–water partition coefficient (Wildman–Crippen LogP) is 2.10. The molecule has 0 saturated carbocycles. The molecule has 0 aromatic heterocycles. The number of aryl methyl sites for hydroxylation is 1. The summed E-state index contributed by atoms with van der Waals surface area (Å²) in [6, 6.07) is 4.44. The summed E-state index contributed by atoms with van der Waals surface area (Å²) in [6.07, 6.45) is 2.97. The summed E-state index contributed by atoms with van der Waals surface area (Å²) in [5.74, 6) is 0.324. The molecule has 1 fully saturated rings. The third kappa shape index (κ3) is 3.58. The fraction of sp³-hybridized carbons (Fsp3) is 0.533. The van der Waals surface area contributed by atoms with Gasteiger partial charge in [-0.1, -0.05) is 6.07 Å². The maximum Gasteiger partial charge on any atom is 0.270 e. The molecule has 6 heteroatoms. The minimum atomic E-state index is -0.469. The van der Waals surface area contributed by atoms with Crippen molar-refractivity contribution in [2.45, 2.75) is 26.2 Å². The Hall–Kier alpha value is -1.95. The van der Waals surface area contributed by atoms with Crippen molar-refractivity contribution in [3.63, 3.8) is 0 Å². The first-order chi connectivity index (χ1) is 10.0. The van der Waals surface area contributed by atoms with E-state index >= 15 is 0 Å². The highest BCUT2D eigenvalue weighted by molar-refractivity contribution is 5.96. The van der Waals surface area contributed by atoms with E-state index in [1.165, 1.54) is 12.1 Å². The molecular weight excluding hydrogens is 270 g/mol. The Bertz CT molecular complexity index is 543. The smallest absolute Gasteiger partial charge is 0.270 e. The van der Waals surface area contributed by atoms with Crippen LogP contribution in [0.3, 0.4) is 0 Å². The number of nitrogens with zero attached hydrogens (tertiary/aromatic N) is 2. The van der Waals surface area contributed by atoms with Gasteiger partial charge in [0.05, 0.1) is 4.92 Å². The summed E-state index contributed by atoms with van der Waals surface area (Å²) >= 11 is 0. The molecule has 0 spiro atoms. The van der Waals surface area contributed by atoms with E-state index in [4.69, 9.17) is 5.73 Å². The summed E-state index contributed by atoms with van der Waals surface area (Å²) in [4.78, 5) is 24.8. The lowest BCUT2D eigenvalue weighted by Gasteiger charge is -2.33. The van der Waals surface area contributed by atoms with Gasteiger partial charge in [-0.05, 0) is 44.2 Å². The number of hydrogen-bond acceptors (Lipinski definition) is 4. The molecule has 21 heavy (non-hydrogen) atoms. The Labute approximate surface area is 124 Å². The molecule has 1 heterocycles. The van der Waals surface area contributed by atoms with Crippen LogP contribution in [0.15, 0.2) is 18.2 Å². The Balaban J connectivity index is 2.19. The van der Waals surface area contributed by atoms with E-state index in [2.05, 4.69) is 0 Å². The molecule has 1 aromatic rings. The second-order valence-corrected chi connectivity index (χ2v) is 5.59. The second kappa shape index (κ2) is 6.67. The second-order valence-electron chi connectivity index (χ2n) is 5.59. The topological polar surface area (TPSA) is 89.5 Å². The highest BCUT2D eigenvalue weighted by Crippen LogP contribution is 2.23. The lowest BCUT2D eigenvalue weighted by molar-refractivity contribution is -0.384. The van der Waals surface area contributed by atoms with Crippen LogP contribution in [0.1, 0.15) is 35.2 Å². The molecular formula is C15H21N3O3. The van der Waals surface area contributed by atoms with Crippen molar-refractivity contribution in [3.05, 3.63) is 39.4 Å². The van der Waals surface area contributed by atoms with Crippen LogP contribution in [0.25, 0.3) is 0 Å². The first kappa shape index (κ1) is 15.4. The van der Waals surface area contributed by atoms with Gasteiger partial charge in [0.2, 0.25) is 0 Å². The van der Waals surface area contributed by atoms with Crippen molar-refractivity contribution in [1.29, 1.82) is 0 Å². The Morgan fingerprint density at radius 1 is 1.52 bits per heavy atom. The maximum absolute atomic E-state index is 12.6. The van der Waals surface area contributed by atoms with Crippen molar-refractivity contribution >= 4 is 11.6 Å². The first-order valence-corrected chi connectivity index (χ1v) is 7.27. The summed E-state index contributed by atoms with van der Waals surface area (Å²) in [5, 5.41) is 10.9. The number of nitro groups is 1. The number of rotatable bonds is 4. The molecule has 0 aliphatic carbocycles. The highest BCUT2D eigenvalue weighted by atomic mass is 16.6. The maximum atomic E-state index is 12.6. The SMILES string of the molecule is Cc1ccc([N+](=O)[O-])cc1C(=O)N1CCCC(CCN)C1. The summed E-state index contributed by atoms with van der Waals surface area (Å²) in [7, 11) is 0. The first-order valence-electron chi connectivity index (χ1n) is 7.27. The van der Waals surface area contributed by atoms with Crippen LogP contribution in [0.4, 0.5) is 5.69 Å². The molecule has 1 unspecified atom stereocenters. The molecule has 0 radical (unpaired) electrons. The van der Waals surface area contributed by atoms with E-state index < -0.39 is 4.92 Å². The van der Waals surface area contributed by atoms with Gasteiger partial charge in [0.1, 0.15) is 0 Å². The van der Waals surface area contributed by atoms with E-state index in [1.54, 1.807) is 17.9 Å². The van der Waals surface area contributed by atoms with E-state index in [0.717, 1.165) is 24.8 Å². The van der Waals surface area contributed by atoms with Gasteiger partial charge in [0.15, 0.2) is 0 Å². The molecule has 1 saturated heterocycles.